The summed E-state index contributed by atoms with van der Waals surface area (Å²) in [4.78, 5) is 89.1. The fraction of sp³-hybridized carbons (Fsp3) is 0.625. The summed E-state index contributed by atoms with van der Waals surface area (Å²) in [6.07, 6.45) is 3.73. The van der Waals surface area contributed by atoms with E-state index in [9.17, 15) is 28.8 Å². The van der Waals surface area contributed by atoms with Crippen molar-refractivity contribution in [1.82, 2.24) is 30.3 Å². The molecule has 2 aromatic rings. The van der Waals surface area contributed by atoms with Crippen molar-refractivity contribution in [2.75, 3.05) is 39.3 Å². The van der Waals surface area contributed by atoms with Crippen LogP contribution in [0, 0.1) is 6.92 Å². The minimum atomic E-state index is -1.11. The normalized spacial score (nSPS) is 18.8. The maximum Gasteiger partial charge on any atom is 0.409 e. The Morgan fingerprint density at radius 3 is 2.27 bits per heavy atom. The first-order valence-corrected chi connectivity index (χ1v) is 19.6. The highest BCUT2D eigenvalue weighted by molar-refractivity contribution is 6.00. The Labute approximate surface area is 322 Å². The Hall–Kier alpha value is -4.95. The van der Waals surface area contributed by atoms with Gasteiger partial charge in [-0.1, -0.05) is 18.9 Å². The highest BCUT2D eigenvalue weighted by atomic mass is 16.6. The highest BCUT2D eigenvalue weighted by Crippen LogP contribution is 2.29. The second kappa shape index (κ2) is 18.1. The molecular weight excluding hydrogens is 708 g/mol. The van der Waals surface area contributed by atoms with Crippen molar-refractivity contribution in [3.63, 3.8) is 0 Å². The zero-order chi connectivity index (χ0) is 39.9. The molecule has 1 aromatic heterocycles. The zero-order valence-corrected chi connectivity index (χ0v) is 33.0. The van der Waals surface area contributed by atoms with Gasteiger partial charge in [0.15, 0.2) is 6.10 Å². The van der Waals surface area contributed by atoms with Crippen LogP contribution in [0.2, 0.25) is 0 Å². The van der Waals surface area contributed by atoms with Gasteiger partial charge in [-0.2, -0.15) is 0 Å². The molecule has 2 N–H and O–H groups in total. The van der Waals surface area contributed by atoms with Crippen molar-refractivity contribution in [1.29, 1.82) is 0 Å². The van der Waals surface area contributed by atoms with Crippen LogP contribution in [0.3, 0.4) is 0 Å². The van der Waals surface area contributed by atoms with Crippen molar-refractivity contribution in [3.8, 4) is 5.75 Å². The van der Waals surface area contributed by atoms with Crippen LogP contribution in [0.4, 0.5) is 4.79 Å². The molecule has 1 aliphatic carbocycles. The molecule has 2 unspecified atom stereocenters. The molecule has 15 nitrogen and oxygen atoms in total. The largest absolute Gasteiger partial charge is 0.480 e. The van der Waals surface area contributed by atoms with Crippen molar-refractivity contribution in [2.45, 2.75) is 123 Å². The molecule has 0 spiro atoms. The Morgan fingerprint density at radius 2 is 1.60 bits per heavy atom. The minimum Gasteiger partial charge on any atom is -0.480 e. The van der Waals surface area contributed by atoms with E-state index in [-0.39, 0.29) is 74.9 Å². The number of nitrogens with one attached hydrogen (secondary N) is 2. The molecule has 15 heteroatoms. The summed E-state index contributed by atoms with van der Waals surface area (Å²) >= 11 is 0. The molecule has 0 radical (unpaired) electrons. The molecule has 1 aromatic carbocycles. The van der Waals surface area contributed by atoms with Gasteiger partial charge in [0, 0.05) is 56.6 Å². The number of nitrogens with zero attached hydrogens (tertiary/aromatic N) is 4. The molecule has 1 saturated carbocycles. The van der Waals surface area contributed by atoms with Crippen LogP contribution >= 0.6 is 0 Å². The number of hydrogen-bond donors (Lipinski definition) is 2. The first-order chi connectivity index (χ1) is 26.1. The summed E-state index contributed by atoms with van der Waals surface area (Å²) in [5.41, 5.74) is 0.547. The van der Waals surface area contributed by atoms with Gasteiger partial charge in [-0.3, -0.25) is 24.0 Å². The van der Waals surface area contributed by atoms with E-state index >= 15 is 0 Å². The lowest BCUT2D eigenvalue weighted by atomic mass is 10.1. The van der Waals surface area contributed by atoms with Gasteiger partial charge in [-0.25, -0.2) is 9.78 Å². The Morgan fingerprint density at radius 1 is 0.909 bits per heavy atom. The van der Waals surface area contributed by atoms with Crippen LogP contribution in [-0.4, -0.2) is 125 Å². The van der Waals surface area contributed by atoms with Gasteiger partial charge in [0.25, 0.3) is 11.8 Å². The number of ether oxygens (including phenoxy) is 3. The number of amides is 5. The SMILES string of the molecule is CCOC(=O)N1CCN(C(=O)C(CCC(=O)OC(C)(C)C)NC(=O)c2cc(O[C@H](C)C(=O)N3CCCC3C(=O)NC3CCCC3)c3ccc(C)cc3n2)CC1. The number of benzene rings is 1. The Balaban J connectivity index is 1.34. The molecule has 55 heavy (non-hydrogen) atoms. The lowest BCUT2D eigenvalue weighted by molar-refractivity contribution is -0.155. The number of esters is 1. The van der Waals surface area contributed by atoms with E-state index in [0.29, 0.717) is 30.3 Å². The summed E-state index contributed by atoms with van der Waals surface area (Å²) in [5, 5.41) is 6.50. The van der Waals surface area contributed by atoms with Crippen molar-refractivity contribution >= 4 is 46.6 Å². The summed E-state index contributed by atoms with van der Waals surface area (Å²) in [7, 11) is 0. The molecule has 0 bridgehead atoms. The topological polar surface area (TPSA) is 177 Å². The van der Waals surface area contributed by atoms with Gasteiger partial charge in [-0.15, -0.1) is 0 Å². The van der Waals surface area contributed by atoms with Crippen LogP contribution in [0.15, 0.2) is 24.3 Å². The molecule has 5 rings (SSSR count). The first kappa shape index (κ1) is 41.2. The standard InChI is InChI=1S/C40H56N6O9/c1-7-53-39(52)45-21-19-44(20-22-45)38(51)29(16-17-34(47)55-40(4,5)6)43-35(48)31-24-33(28-15-14-25(2)23-30(28)42-31)54-26(3)37(50)46-18-10-13-32(46)36(49)41-27-11-8-9-12-27/h14-15,23-24,26-27,29,32H,7-13,16-22H2,1-6H3,(H,41,49)(H,43,48)/t26-,29?,32?/m1/s1. The lowest BCUT2D eigenvalue weighted by Gasteiger charge is -2.36. The maximum absolute atomic E-state index is 14.0. The molecule has 5 amide bonds. The third-order valence-corrected chi connectivity index (χ3v) is 10.1. The number of likely N-dealkylation sites (tertiary alicyclic amines) is 1. The van der Waals surface area contributed by atoms with E-state index in [1.807, 2.05) is 19.1 Å². The van der Waals surface area contributed by atoms with Crippen molar-refractivity contribution in [2.24, 2.45) is 0 Å². The molecular formula is C40H56N6O9. The van der Waals surface area contributed by atoms with Gasteiger partial charge >= 0.3 is 12.1 Å². The average Bonchev–Trinajstić information content (AvgIpc) is 3.85. The van der Waals surface area contributed by atoms with Gasteiger partial charge in [0.2, 0.25) is 11.8 Å². The number of hydrogen-bond acceptors (Lipinski definition) is 10. The number of carbonyl (C=O) groups excluding carboxylic acids is 6. The van der Waals surface area contributed by atoms with Crippen LogP contribution in [0.1, 0.15) is 102 Å². The third kappa shape index (κ3) is 10.8. The number of aryl methyl sites for hydroxylation is 1. The van der Waals surface area contributed by atoms with Crippen LogP contribution in [0.5, 0.6) is 5.75 Å². The summed E-state index contributed by atoms with van der Waals surface area (Å²) in [6, 6.07) is 5.38. The smallest absolute Gasteiger partial charge is 0.409 e. The molecule has 3 heterocycles. The van der Waals surface area contributed by atoms with Gasteiger partial charge in [0.05, 0.1) is 12.1 Å². The quantitative estimate of drug-likeness (QED) is 0.302. The van der Waals surface area contributed by atoms with Gasteiger partial charge in [0.1, 0.15) is 29.1 Å². The third-order valence-electron chi connectivity index (χ3n) is 10.1. The summed E-state index contributed by atoms with van der Waals surface area (Å²) in [5.74, 6) is -1.83. The number of rotatable bonds is 12. The minimum absolute atomic E-state index is 0.0372. The number of carbonyl (C=O) groups is 6. The van der Waals surface area contributed by atoms with E-state index in [1.54, 1.807) is 50.5 Å². The molecule has 300 valence electrons. The second-order valence-electron chi connectivity index (χ2n) is 15.6. The van der Waals surface area contributed by atoms with E-state index in [0.717, 1.165) is 31.2 Å². The number of fused-ring (bicyclic) bond motifs is 1. The van der Waals surface area contributed by atoms with E-state index in [2.05, 4.69) is 15.6 Å². The fourth-order valence-electron chi connectivity index (χ4n) is 7.35. The Kier molecular flexibility index (Phi) is 13.6. The van der Waals surface area contributed by atoms with Crippen molar-refractivity contribution < 1.29 is 43.0 Å². The van der Waals surface area contributed by atoms with E-state index in [1.165, 1.54) is 11.0 Å². The summed E-state index contributed by atoms with van der Waals surface area (Å²) < 4.78 is 16.9. The zero-order valence-electron chi connectivity index (χ0n) is 33.0. The molecule has 2 aliphatic heterocycles. The molecule has 3 atom stereocenters. The van der Waals surface area contributed by atoms with Crippen molar-refractivity contribution in [3.05, 3.63) is 35.5 Å². The number of pyridine rings is 1. The number of piperazine rings is 1. The molecule has 3 fully saturated rings. The summed E-state index contributed by atoms with van der Waals surface area (Å²) in [6.45, 7) is 12.1. The Bertz CT molecular complexity index is 1750. The van der Waals surface area contributed by atoms with Gasteiger partial charge in [-0.05, 0) is 91.3 Å². The fourth-order valence-corrected chi connectivity index (χ4v) is 7.35. The molecule has 3 aliphatic rings. The highest BCUT2D eigenvalue weighted by Gasteiger charge is 2.38. The predicted octanol–water partition coefficient (Wildman–Crippen LogP) is 3.88. The lowest BCUT2D eigenvalue weighted by Crippen LogP contribution is -2.56. The van der Waals surface area contributed by atoms with Crippen LogP contribution in [0.25, 0.3) is 10.9 Å². The van der Waals surface area contributed by atoms with Gasteiger partial charge < -0.3 is 39.5 Å². The number of aromatic nitrogens is 1. The monoisotopic (exact) mass is 764 g/mol. The second-order valence-corrected chi connectivity index (χ2v) is 15.6. The van der Waals surface area contributed by atoms with E-state index in [4.69, 9.17) is 14.2 Å². The van der Waals surface area contributed by atoms with E-state index < -0.39 is 47.7 Å². The first-order valence-electron chi connectivity index (χ1n) is 19.6. The maximum atomic E-state index is 14.0. The van der Waals surface area contributed by atoms with Crippen LogP contribution < -0.4 is 15.4 Å². The predicted molar refractivity (Wildman–Crippen MR) is 203 cm³/mol. The average molecular weight is 765 g/mol. The van der Waals surface area contributed by atoms with Crippen LogP contribution in [-0.2, 0) is 28.7 Å². The molecule has 2 saturated heterocycles.